The van der Waals surface area contributed by atoms with Crippen molar-refractivity contribution in [2.24, 2.45) is 0 Å². The Labute approximate surface area is 122 Å². The molecule has 110 valence electrons. The van der Waals surface area contributed by atoms with Crippen molar-refractivity contribution in [2.75, 3.05) is 11.3 Å². The van der Waals surface area contributed by atoms with Crippen LogP contribution in [0.25, 0.3) is 0 Å². The molecule has 1 aromatic heterocycles. The zero-order valence-electron chi connectivity index (χ0n) is 11.3. The fraction of sp³-hybridized carbons (Fsp3) is 0.214. The topological polar surface area (TPSA) is 92.4 Å². The number of aliphatic hydroxyl groups excluding tert-OH is 1. The van der Waals surface area contributed by atoms with Crippen LogP contribution >= 0.6 is 0 Å². The van der Waals surface area contributed by atoms with Crippen LogP contribution in [0.4, 0.5) is 5.69 Å². The maximum atomic E-state index is 12.1. The van der Waals surface area contributed by atoms with Gasteiger partial charge in [0.25, 0.3) is 0 Å². The molecule has 0 aliphatic carbocycles. The van der Waals surface area contributed by atoms with Gasteiger partial charge in [-0.3, -0.25) is 4.72 Å². The van der Waals surface area contributed by atoms with Gasteiger partial charge in [-0.1, -0.05) is 29.1 Å². The summed E-state index contributed by atoms with van der Waals surface area (Å²) in [4.78, 5) is 0. The minimum Gasteiger partial charge on any atom is -0.384 e. The lowest BCUT2D eigenvalue weighted by molar-refractivity contribution is 0.350. The lowest BCUT2D eigenvalue weighted by atomic mass is 10.2. The number of hydrogen-bond acceptors (Lipinski definition) is 5. The molecule has 2 N–H and O–H groups in total. The summed E-state index contributed by atoms with van der Waals surface area (Å²) in [5, 5.41) is 12.4. The fourth-order valence-electron chi connectivity index (χ4n) is 1.70. The van der Waals surface area contributed by atoms with Crippen molar-refractivity contribution in [3.05, 3.63) is 47.3 Å². The van der Waals surface area contributed by atoms with Gasteiger partial charge >= 0.3 is 0 Å². The van der Waals surface area contributed by atoms with E-state index in [1.54, 1.807) is 37.3 Å². The smallest absolute Gasteiger partial charge is 0.238 e. The number of hydrogen-bond donors (Lipinski definition) is 2. The van der Waals surface area contributed by atoms with Crippen molar-refractivity contribution in [1.29, 1.82) is 0 Å². The largest absolute Gasteiger partial charge is 0.384 e. The van der Waals surface area contributed by atoms with E-state index in [9.17, 15) is 8.42 Å². The highest BCUT2D eigenvalue weighted by atomic mass is 32.2. The molecular weight excluding hydrogens is 292 g/mol. The molecule has 6 nitrogen and oxygen atoms in total. The third-order valence-electron chi connectivity index (χ3n) is 2.51. The predicted octanol–water partition coefficient (Wildman–Crippen LogP) is 1.27. The normalized spacial score (nSPS) is 10.8. The molecule has 0 atom stereocenters. The summed E-state index contributed by atoms with van der Waals surface area (Å²) in [7, 11) is -3.62. The van der Waals surface area contributed by atoms with E-state index in [1.807, 2.05) is 0 Å². The minimum absolute atomic E-state index is 0.286. The van der Waals surface area contributed by atoms with E-state index < -0.39 is 10.0 Å². The van der Waals surface area contributed by atoms with Gasteiger partial charge in [-0.05, 0) is 19.1 Å². The number of nitrogens with one attached hydrogen (secondary N) is 1. The number of benzene rings is 1. The first kappa shape index (κ1) is 15.1. The molecule has 7 heteroatoms. The first-order valence-corrected chi connectivity index (χ1v) is 7.77. The second-order valence-electron chi connectivity index (χ2n) is 4.30. The molecule has 0 fully saturated rings. The van der Waals surface area contributed by atoms with E-state index in [0.717, 1.165) is 0 Å². The van der Waals surface area contributed by atoms with E-state index in [-0.39, 0.29) is 12.4 Å². The van der Waals surface area contributed by atoms with Gasteiger partial charge < -0.3 is 9.63 Å². The van der Waals surface area contributed by atoms with Crippen molar-refractivity contribution in [1.82, 2.24) is 5.16 Å². The quantitative estimate of drug-likeness (QED) is 0.830. The summed E-state index contributed by atoms with van der Waals surface area (Å²) >= 11 is 0. The van der Waals surface area contributed by atoms with Gasteiger partial charge in [-0.15, -0.1) is 0 Å². The molecule has 2 rings (SSSR count). The van der Waals surface area contributed by atoms with Crippen LogP contribution in [-0.4, -0.2) is 25.3 Å². The van der Waals surface area contributed by atoms with Crippen LogP contribution in [0.1, 0.15) is 17.0 Å². The van der Waals surface area contributed by atoms with Crippen molar-refractivity contribution < 1.29 is 18.0 Å². The summed E-state index contributed by atoms with van der Waals surface area (Å²) in [6, 6.07) is 8.27. The number of nitrogens with zero attached hydrogens (tertiary/aromatic N) is 1. The second-order valence-corrected chi connectivity index (χ2v) is 6.02. The SMILES string of the molecule is Cc1cc(CS(=O)(=O)Nc2ccccc2C#CCO)no1. The molecule has 21 heavy (non-hydrogen) atoms. The van der Waals surface area contributed by atoms with Crippen LogP contribution in [0.5, 0.6) is 0 Å². The van der Waals surface area contributed by atoms with Crippen LogP contribution in [0.2, 0.25) is 0 Å². The zero-order valence-corrected chi connectivity index (χ0v) is 12.1. The Balaban J connectivity index is 2.20. The molecule has 0 saturated heterocycles. The van der Waals surface area contributed by atoms with E-state index in [2.05, 4.69) is 21.7 Å². The molecule has 0 unspecified atom stereocenters. The van der Waals surface area contributed by atoms with Crippen LogP contribution < -0.4 is 4.72 Å². The van der Waals surface area contributed by atoms with Gasteiger partial charge in [-0.2, -0.15) is 0 Å². The van der Waals surface area contributed by atoms with Crippen molar-refractivity contribution in [3.8, 4) is 11.8 Å². The first-order chi connectivity index (χ1) is 10.00. The number of para-hydroxylation sites is 1. The summed E-state index contributed by atoms with van der Waals surface area (Å²) < 4.78 is 31.5. The van der Waals surface area contributed by atoms with Gasteiger partial charge in [0.2, 0.25) is 10.0 Å². The van der Waals surface area contributed by atoms with E-state index in [1.165, 1.54) is 0 Å². The highest BCUT2D eigenvalue weighted by molar-refractivity contribution is 7.91. The van der Waals surface area contributed by atoms with E-state index in [0.29, 0.717) is 22.7 Å². The van der Waals surface area contributed by atoms with E-state index in [4.69, 9.17) is 9.63 Å². The van der Waals surface area contributed by atoms with Crippen LogP contribution in [-0.2, 0) is 15.8 Å². The molecule has 1 aromatic carbocycles. The molecule has 0 bridgehead atoms. The number of sulfonamides is 1. The number of aryl methyl sites for hydroxylation is 1. The standard InChI is InChI=1S/C14H14N2O4S/c1-11-9-13(15-20-11)10-21(18,19)16-14-7-3-2-5-12(14)6-4-8-17/h2-3,5,7,9,16-17H,8,10H2,1H3. The Morgan fingerprint density at radius 2 is 2.14 bits per heavy atom. The highest BCUT2D eigenvalue weighted by Gasteiger charge is 2.15. The molecule has 0 aliphatic rings. The first-order valence-electron chi connectivity index (χ1n) is 6.11. The molecule has 0 radical (unpaired) electrons. The Kier molecular flexibility index (Phi) is 4.62. The maximum Gasteiger partial charge on any atom is 0.238 e. The lowest BCUT2D eigenvalue weighted by Gasteiger charge is -2.08. The molecule has 2 aromatic rings. The monoisotopic (exact) mass is 306 g/mol. The Bertz CT molecular complexity index is 785. The number of rotatable bonds is 4. The molecule has 0 amide bonds. The average molecular weight is 306 g/mol. The highest BCUT2D eigenvalue weighted by Crippen LogP contribution is 2.17. The lowest BCUT2D eigenvalue weighted by Crippen LogP contribution is -2.16. The Morgan fingerprint density at radius 3 is 2.81 bits per heavy atom. The van der Waals surface area contributed by atoms with Gasteiger partial charge in [0, 0.05) is 11.6 Å². The predicted molar refractivity (Wildman–Crippen MR) is 77.9 cm³/mol. The van der Waals surface area contributed by atoms with Crippen LogP contribution in [0.15, 0.2) is 34.9 Å². The maximum absolute atomic E-state index is 12.1. The van der Waals surface area contributed by atoms with Crippen molar-refractivity contribution in [2.45, 2.75) is 12.7 Å². The molecule has 0 saturated carbocycles. The summed E-state index contributed by atoms with van der Waals surface area (Å²) in [5.74, 6) is 5.44. The second kappa shape index (κ2) is 6.43. The minimum atomic E-state index is -3.62. The summed E-state index contributed by atoms with van der Waals surface area (Å²) in [5.41, 5.74) is 1.18. The third-order valence-corrected chi connectivity index (χ3v) is 3.72. The molecule has 0 aliphatic heterocycles. The van der Waals surface area contributed by atoms with E-state index >= 15 is 0 Å². The van der Waals surface area contributed by atoms with Gasteiger partial charge in [0.15, 0.2) is 0 Å². The molecule has 1 heterocycles. The molecular formula is C14H14N2O4S. The van der Waals surface area contributed by atoms with Gasteiger partial charge in [0.1, 0.15) is 23.8 Å². The van der Waals surface area contributed by atoms with Crippen LogP contribution in [0.3, 0.4) is 0 Å². The number of anilines is 1. The van der Waals surface area contributed by atoms with Crippen molar-refractivity contribution >= 4 is 15.7 Å². The summed E-state index contributed by atoms with van der Waals surface area (Å²) in [6.07, 6.45) is 0. The third kappa shape index (κ3) is 4.34. The average Bonchev–Trinajstić information content (AvgIpc) is 2.82. The Hall–Kier alpha value is -2.30. The van der Waals surface area contributed by atoms with Gasteiger partial charge in [-0.25, -0.2) is 8.42 Å². The fourth-order valence-corrected chi connectivity index (χ4v) is 2.81. The Morgan fingerprint density at radius 1 is 1.38 bits per heavy atom. The number of aliphatic hydroxyl groups is 1. The van der Waals surface area contributed by atoms with Crippen LogP contribution in [0, 0.1) is 18.8 Å². The summed E-state index contributed by atoms with van der Waals surface area (Å²) in [6.45, 7) is 1.40. The van der Waals surface area contributed by atoms with Crippen molar-refractivity contribution in [3.63, 3.8) is 0 Å². The molecule has 0 spiro atoms. The zero-order chi connectivity index (χ0) is 15.3. The number of aromatic nitrogens is 1. The van der Waals surface area contributed by atoms with Gasteiger partial charge in [0.05, 0.1) is 5.69 Å².